The van der Waals surface area contributed by atoms with E-state index in [0.717, 1.165) is 28.1 Å². The van der Waals surface area contributed by atoms with Crippen LogP contribution >= 0.6 is 0 Å². The molecule has 5 aromatic carbocycles. The van der Waals surface area contributed by atoms with Crippen molar-refractivity contribution in [2.24, 2.45) is 0 Å². The fourth-order valence-corrected chi connectivity index (χ4v) is 6.04. The monoisotopic (exact) mass is 841 g/mol. The summed E-state index contributed by atoms with van der Waals surface area (Å²) >= 11 is 0. The number of aromatic nitrogens is 4. The van der Waals surface area contributed by atoms with E-state index in [-0.39, 0.29) is 0 Å². The molecule has 0 saturated heterocycles. The zero-order chi connectivity index (χ0) is 46.7. The summed E-state index contributed by atoms with van der Waals surface area (Å²) < 4.78 is 7.55. The average molecular weight is 841 g/mol. The SMILES string of the molecule is CC.CC.CC.CC.CC.CC.COc1ccc(-n2c3ccccc3c3ccccc32)cc1.c1ccc(-c2cccnc2)cc1.c1cncc(-c2cccc(-c3cccnc3)c2)c1. The smallest absolute Gasteiger partial charge is 0.119 e. The highest BCUT2D eigenvalue weighted by atomic mass is 16.5. The third kappa shape index (κ3) is 16.5. The fourth-order valence-electron chi connectivity index (χ4n) is 6.04. The van der Waals surface area contributed by atoms with Crippen LogP contribution in [0.2, 0.25) is 0 Å². The maximum atomic E-state index is 5.25. The van der Waals surface area contributed by atoms with Gasteiger partial charge in [-0.25, -0.2) is 0 Å². The number of fused-ring (bicyclic) bond motifs is 3. The molecule has 4 heterocycles. The Hall–Kier alpha value is -6.85. The molecule has 0 aliphatic carbocycles. The average Bonchev–Trinajstić information content (AvgIpc) is 3.76. The second kappa shape index (κ2) is 33.8. The number of rotatable bonds is 5. The van der Waals surface area contributed by atoms with Crippen LogP contribution in [0.1, 0.15) is 83.1 Å². The molecule has 5 heteroatoms. The van der Waals surface area contributed by atoms with Crippen molar-refractivity contribution in [3.05, 3.63) is 201 Å². The lowest BCUT2D eigenvalue weighted by Crippen LogP contribution is -1.93. The number of benzene rings is 5. The first-order valence-electron chi connectivity index (χ1n) is 22.8. The van der Waals surface area contributed by atoms with Gasteiger partial charge in [0.1, 0.15) is 5.75 Å². The van der Waals surface area contributed by atoms with E-state index in [1.165, 1.54) is 38.5 Å². The van der Waals surface area contributed by atoms with E-state index in [1.807, 2.05) is 150 Å². The lowest BCUT2D eigenvalue weighted by Gasteiger charge is -2.08. The Morgan fingerprint density at radius 1 is 0.333 bits per heavy atom. The molecule has 4 aromatic heterocycles. The Labute approximate surface area is 380 Å². The zero-order valence-corrected chi connectivity index (χ0v) is 40.2. The molecule has 0 spiro atoms. The van der Waals surface area contributed by atoms with Crippen molar-refractivity contribution in [1.82, 2.24) is 19.5 Å². The van der Waals surface area contributed by atoms with Gasteiger partial charge in [0, 0.05) is 64.8 Å². The molecule has 63 heavy (non-hydrogen) atoms. The zero-order valence-electron chi connectivity index (χ0n) is 40.2. The number of hydrogen-bond donors (Lipinski definition) is 0. The number of nitrogens with zero attached hydrogens (tertiary/aromatic N) is 4. The highest BCUT2D eigenvalue weighted by Gasteiger charge is 2.11. The van der Waals surface area contributed by atoms with E-state index in [1.54, 1.807) is 25.7 Å². The first-order chi connectivity index (χ1) is 31.3. The number of methoxy groups -OCH3 is 1. The van der Waals surface area contributed by atoms with Gasteiger partial charge < -0.3 is 9.30 Å². The van der Waals surface area contributed by atoms with Crippen molar-refractivity contribution in [1.29, 1.82) is 0 Å². The molecule has 0 N–H and O–H groups in total. The molecule has 0 amide bonds. The predicted octanol–water partition coefficient (Wildman–Crippen LogP) is 17.5. The minimum atomic E-state index is 0.875. The van der Waals surface area contributed by atoms with Gasteiger partial charge in [-0.2, -0.15) is 0 Å². The Morgan fingerprint density at radius 2 is 0.683 bits per heavy atom. The van der Waals surface area contributed by atoms with Gasteiger partial charge in [-0.1, -0.05) is 186 Å². The minimum absolute atomic E-state index is 0.875. The summed E-state index contributed by atoms with van der Waals surface area (Å²) in [6.07, 6.45) is 11.0. The van der Waals surface area contributed by atoms with E-state index in [0.29, 0.717) is 0 Å². The van der Waals surface area contributed by atoms with E-state index >= 15 is 0 Å². The summed E-state index contributed by atoms with van der Waals surface area (Å²) in [5, 5.41) is 2.56. The summed E-state index contributed by atoms with van der Waals surface area (Å²) in [5.41, 5.74) is 10.6. The Morgan fingerprint density at radius 3 is 1.06 bits per heavy atom. The van der Waals surface area contributed by atoms with Crippen LogP contribution < -0.4 is 4.74 Å². The molecule has 0 radical (unpaired) electrons. The Bertz CT molecular complexity index is 2280. The lowest BCUT2D eigenvalue weighted by atomic mass is 10.0. The normalized spacial score (nSPS) is 9.03. The molecule has 5 nitrogen and oxygen atoms in total. The first kappa shape index (κ1) is 54.2. The van der Waals surface area contributed by atoms with Gasteiger partial charge in [0.25, 0.3) is 0 Å². The van der Waals surface area contributed by atoms with Crippen LogP contribution in [0, 0.1) is 0 Å². The van der Waals surface area contributed by atoms with Crippen LogP contribution in [0.25, 0.3) is 60.9 Å². The van der Waals surface area contributed by atoms with Crippen LogP contribution in [0.5, 0.6) is 5.75 Å². The highest BCUT2D eigenvalue weighted by molar-refractivity contribution is 6.09. The summed E-state index contributed by atoms with van der Waals surface area (Å²) in [6.45, 7) is 24.0. The molecule has 0 atom stereocenters. The van der Waals surface area contributed by atoms with Crippen LogP contribution in [0.3, 0.4) is 0 Å². The standard InChI is InChI=1S/C19H15NO.C16H12N2.C11H9N.6C2H6/c1-21-15-12-10-14(11-13-15)20-18-8-4-2-6-16(18)17-7-3-5-9-19(17)20;1-4-13(15-6-2-8-17-11-15)10-14(5-1)16-7-3-9-18-12-16;1-2-5-10(6-3-1)11-7-4-8-12-9-11;6*1-2/h2-13H,1H3;1-12H;1-9H;6*1-2H3. The molecular formula is C58H72N4O. The van der Waals surface area contributed by atoms with Gasteiger partial charge >= 0.3 is 0 Å². The van der Waals surface area contributed by atoms with Crippen molar-refractivity contribution in [2.45, 2.75) is 83.1 Å². The number of para-hydroxylation sites is 2. The quantitative estimate of drug-likeness (QED) is 0.173. The Kier molecular flexibility index (Phi) is 29.1. The molecule has 0 aliphatic rings. The summed E-state index contributed by atoms with van der Waals surface area (Å²) in [4.78, 5) is 12.4. The first-order valence-corrected chi connectivity index (χ1v) is 22.8. The number of ether oxygens (including phenoxy) is 1. The molecule has 330 valence electrons. The molecule has 0 fully saturated rings. The van der Waals surface area contributed by atoms with Crippen LogP contribution in [0.15, 0.2) is 201 Å². The van der Waals surface area contributed by atoms with Gasteiger partial charge in [0.15, 0.2) is 0 Å². The fraction of sp³-hybridized carbons (Fsp3) is 0.224. The van der Waals surface area contributed by atoms with Crippen LogP contribution in [0.4, 0.5) is 0 Å². The minimum Gasteiger partial charge on any atom is -0.497 e. The van der Waals surface area contributed by atoms with Crippen LogP contribution in [-0.4, -0.2) is 26.6 Å². The van der Waals surface area contributed by atoms with E-state index in [2.05, 4.69) is 135 Å². The Balaban J connectivity index is 0.000000431. The largest absolute Gasteiger partial charge is 0.497 e. The topological polar surface area (TPSA) is 52.8 Å². The maximum absolute atomic E-state index is 5.25. The van der Waals surface area contributed by atoms with Gasteiger partial charge in [0.05, 0.1) is 18.1 Å². The summed E-state index contributed by atoms with van der Waals surface area (Å²) in [7, 11) is 1.69. The summed E-state index contributed by atoms with van der Waals surface area (Å²) in [5.74, 6) is 0.875. The van der Waals surface area contributed by atoms with Crippen molar-refractivity contribution >= 4 is 21.8 Å². The van der Waals surface area contributed by atoms with E-state index in [9.17, 15) is 0 Å². The maximum Gasteiger partial charge on any atom is 0.119 e. The molecule has 0 aliphatic heterocycles. The molecule has 0 unspecified atom stereocenters. The number of hydrogen-bond acceptors (Lipinski definition) is 4. The molecule has 9 aromatic rings. The second-order valence-electron chi connectivity index (χ2n) is 11.7. The van der Waals surface area contributed by atoms with Crippen molar-refractivity contribution in [2.75, 3.05) is 7.11 Å². The number of pyridine rings is 3. The highest BCUT2D eigenvalue weighted by Crippen LogP contribution is 2.32. The molecule has 9 rings (SSSR count). The second-order valence-corrected chi connectivity index (χ2v) is 11.7. The molecule has 0 saturated carbocycles. The molecular weight excluding hydrogens is 769 g/mol. The lowest BCUT2D eigenvalue weighted by molar-refractivity contribution is 0.415. The van der Waals surface area contributed by atoms with Crippen molar-refractivity contribution < 1.29 is 4.74 Å². The molecule has 0 bridgehead atoms. The third-order valence-corrected chi connectivity index (χ3v) is 8.53. The van der Waals surface area contributed by atoms with Crippen molar-refractivity contribution in [3.8, 4) is 44.8 Å². The van der Waals surface area contributed by atoms with E-state index < -0.39 is 0 Å². The third-order valence-electron chi connectivity index (χ3n) is 8.53. The van der Waals surface area contributed by atoms with Gasteiger partial charge in [-0.3, -0.25) is 15.0 Å². The van der Waals surface area contributed by atoms with Crippen molar-refractivity contribution in [3.63, 3.8) is 0 Å². The predicted molar refractivity (Wildman–Crippen MR) is 278 cm³/mol. The van der Waals surface area contributed by atoms with Gasteiger partial charge in [0.2, 0.25) is 0 Å². The van der Waals surface area contributed by atoms with Gasteiger partial charge in [-0.05, 0) is 82.9 Å². The van der Waals surface area contributed by atoms with E-state index in [4.69, 9.17) is 4.74 Å². The van der Waals surface area contributed by atoms with Crippen LogP contribution in [-0.2, 0) is 0 Å². The van der Waals surface area contributed by atoms with Gasteiger partial charge in [-0.15, -0.1) is 0 Å². The summed E-state index contributed by atoms with van der Waals surface area (Å²) in [6, 6.07) is 55.9.